The first-order valence-corrected chi connectivity index (χ1v) is 8.66. The zero-order chi connectivity index (χ0) is 19.2. The van der Waals surface area contributed by atoms with E-state index in [0.717, 1.165) is 5.69 Å². The van der Waals surface area contributed by atoms with Crippen molar-refractivity contribution in [3.8, 4) is 11.4 Å². The lowest BCUT2D eigenvalue weighted by atomic mass is 10.2. The average Bonchev–Trinajstić information content (AvgIpc) is 2.71. The maximum absolute atomic E-state index is 13.1. The zero-order valence-corrected chi connectivity index (χ0v) is 15.1. The Bertz CT molecular complexity index is 1020. The van der Waals surface area contributed by atoms with E-state index in [1.54, 1.807) is 29.9 Å². The molecule has 0 saturated carbocycles. The SMILES string of the molecule is C=CCNC(=O)CCc1nc2ccccc2n(-c2ccc(OC)cc2)c1=O. The van der Waals surface area contributed by atoms with E-state index in [1.807, 2.05) is 36.4 Å². The molecule has 27 heavy (non-hydrogen) atoms. The first-order chi connectivity index (χ1) is 13.1. The number of hydrogen-bond donors (Lipinski definition) is 1. The third-order valence-corrected chi connectivity index (χ3v) is 4.19. The van der Waals surface area contributed by atoms with Gasteiger partial charge in [0.2, 0.25) is 5.91 Å². The largest absolute Gasteiger partial charge is 0.497 e. The summed E-state index contributed by atoms with van der Waals surface area (Å²) in [5.74, 6) is 0.574. The summed E-state index contributed by atoms with van der Waals surface area (Å²) in [6.07, 6.45) is 2.07. The summed E-state index contributed by atoms with van der Waals surface area (Å²) in [7, 11) is 1.60. The lowest BCUT2D eigenvalue weighted by Crippen LogP contribution is -2.27. The number of amides is 1. The minimum atomic E-state index is -0.226. The maximum Gasteiger partial charge on any atom is 0.277 e. The first kappa shape index (κ1) is 18.4. The van der Waals surface area contributed by atoms with Crippen LogP contribution in [0.25, 0.3) is 16.7 Å². The molecule has 1 heterocycles. The molecule has 0 fully saturated rings. The van der Waals surface area contributed by atoms with E-state index >= 15 is 0 Å². The van der Waals surface area contributed by atoms with Crippen molar-refractivity contribution in [1.82, 2.24) is 14.9 Å². The van der Waals surface area contributed by atoms with Crippen LogP contribution in [0.1, 0.15) is 12.1 Å². The number of ether oxygens (including phenoxy) is 1. The molecule has 2 aromatic carbocycles. The number of carbonyl (C=O) groups is 1. The van der Waals surface area contributed by atoms with E-state index in [9.17, 15) is 9.59 Å². The Morgan fingerprint density at radius 1 is 1.22 bits per heavy atom. The second-order valence-corrected chi connectivity index (χ2v) is 5.98. The van der Waals surface area contributed by atoms with Gasteiger partial charge in [-0.15, -0.1) is 6.58 Å². The molecule has 1 N–H and O–H groups in total. The van der Waals surface area contributed by atoms with Gasteiger partial charge < -0.3 is 10.1 Å². The van der Waals surface area contributed by atoms with E-state index in [4.69, 9.17) is 4.74 Å². The number of methoxy groups -OCH3 is 1. The molecule has 6 nitrogen and oxygen atoms in total. The minimum Gasteiger partial charge on any atom is -0.497 e. The smallest absolute Gasteiger partial charge is 0.277 e. The van der Waals surface area contributed by atoms with Crippen LogP contribution in [0, 0.1) is 0 Å². The number of hydrogen-bond acceptors (Lipinski definition) is 4. The molecule has 0 saturated heterocycles. The average molecular weight is 363 g/mol. The summed E-state index contributed by atoms with van der Waals surface area (Å²) in [6.45, 7) is 3.97. The van der Waals surface area contributed by atoms with Gasteiger partial charge in [0.25, 0.3) is 5.56 Å². The van der Waals surface area contributed by atoms with Gasteiger partial charge in [0, 0.05) is 25.1 Å². The van der Waals surface area contributed by atoms with Crippen molar-refractivity contribution >= 4 is 16.9 Å². The van der Waals surface area contributed by atoms with E-state index in [2.05, 4.69) is 16.9 Å². The van der Waals surface area contributed by atoms with Crippen LogP contribution >= 0.6 is 0 Å². The van der Waals surface area contributed by atoms with Crippen molar-refractivity contribution < 1.29 is 9.53 Å². The number of aromatic nitrogens is 2. The van der Waals surface area contributed by atoms with Crippen LogP contribution in [0.4, 0.5) is 0 Å². The van der Waals surface area contributed by atoms with E-state index in [1.165, 1.54) is 0 Å². The highest BCUT2D eigenvalue weighted by Crippen LogP contribution is 2.18. The second kappa shape index (κ2) is 8.31. The molecule has 0 spiro atoms. The Balaban J connectivity index is 2.03. The van der Waals surface area contributed by atoms with Gasteiger partial charge in [-0.3, -0.25) is 14.2 Å². The number of benzene rings is 2. The summed E-state index contributed by atoms with van der Waals surface area (Å²) in [5.41, 5.74) is 2.27. The van der Waals surface area contributed by atoms with Crippen molar-refractivity contribution in [2.45, 2.75) is 12.8 Å². The standard InChI is InChI=1S/C21H21N3O3/c1-3-14-22-20(25)13-12-18-21(26)24(15-8-10-16(27-2)11-9-15)19-7-5-4-6-17(19)23-18/h3-11H,1,12-14H2,2H3,(H,22,25). The third kappa shape index (κ3) is 4.06. The van der Waals surface area contributed by atoms with E-state index in [-0.39, 0.29) is 24.3 Å². The quantitative estimate of drug-likeness (QED) is 0.655. The van der Waals surface area contributed by atoms with Crippen LogP contribution in [0.15, 0.2) is 66.0 Å². The molecule has 138 valence electrons. The van der Waals surface area contributed by atoms with Crippen LogP contribution in [0.3, 0.4) is 0 Å². The molecule has 1 amide bonds. The van der Waals surface area contributed by atoms with Gasteiger partial charge in [0.05, 0.1) is 18.1 Å². The Hall–Kier alpha value is -3.41. The molecular weight excluding hydrogens is 342 g/mol. The van der Waals surface area contributed by atoms with Crippen LogP contribution in [0.2, 0.25) is 0 Å². The Morgan fingerprint density at radius 2 is 1.96 bits per heavy atom. The number of para-hydroxylation sites is 2. The molecule has 0 aliphatic rings. The number of fused-ring (bicyclic) bond motifs is 1. The van der Waals surface area contributed by atoms with Gasteiger partial charge in [-0.05, 0) is 36.4 Å². The third-order valence-electron chi connectivity index (χ3n) is 4.19. The fourth-order valence-electron chi connectivity index (χ4n) is 2.84. The Morgan fingerprint density at radius 3 is 2.67 bits per heavy atom. The van der Waals surface area contributed by atoms with Crippen LogP contribution in [-0.2, 0) is 11.2 Å². The van der Waals surface area contributed by atoms with Gasteiger partial charge in [0.1, 0.15) is 11.4 Å². The summed E-state index contributed by atoms with van der Waals surface area (Å²) in [6, 6.07) is 14.7. The summed E-state index contributed by atoms with van der Waals surface area (Å²) < 4.78 is 6.82. The number of nitrogens with one attached hydrogen (secondary N) is 1. The molecule has 0 unspecified atom stereocenters. The van der Waals surface area contributed by atoms with Crippen molar-refractivity contribution in [2.75, 3.05) is 13.7 Å². The van der Waals surface area contributed by atoms with Crippen molar-refractivity contribution in [2.24, 2.45) is 0 Å². The number of rotatable bonds is 7. The number of aryl methyl sites for hydroxylation is 1. The number of nitrogens with zero attached hydrogens (tertiary/aromatic N) is 2. The first-order valence-electron chi connectivity index (χ1n) is 8.66. The summed E-state index contributed by atoms with van der Waals surface area (Å²) >= 11 is 0. The molecule has 0 bridgehead atoms. The van der Waals surface area contributed by atoms with E-state index in [0.29, 0.717) is 29.0 Å². The lowest BCUT2D eigenvalue weighted by Gasteiger charge is -2.13. The highest BCUT2D eigenvalue weighted by Gasteiger charge is 2.13. The van der Waals surface area contributed by atoms with Crippen molar-refractivity contribution in [3.63, 3.8) is 0 Å². The molecule has 3 aromatic rings. The molecule has 3 rings (SSSR count). The topological polar surface area (TPSA) is 73.2 Å². The molecule has 1 aromatic heterocycles. The molecule has 0 aliphatic carbocycles. The van der Waals surface area contributed by atoms with Gasteiger partial charge in [0.15, 0.2) is 0 Å². The Kier molecular flexibility index (Phi) is 5.66. The molecular formula is C21H21N3O3. The Labute approximate surface area is 157 Å². The maximum atomic E-state index is 13.1. The lowest BCUT2D eigenvalue weighted by molar-refractivity contribution is -0.120. The van der Waals surface area contributed by atoms with E-state index < -0.39 is 0 Å². The number of carbonyl (C=O) groups excluding carboxylic acids is 1. The van der Waals surface area contributed by atoms with Crippen LogP contribution < -0.4 is 15.6 Å². The van der Waals surface area contributed by atoms with Gasteiger partial charge in [-0.1, -0.05) is 18.2 Å². The fraction of sp³-hybridized carbons (Fsp3) is 0.190. The zero-order valence-electron chi connectivity index (χ0n) is 15.1. The molecule has 0 radical (unpaired) electrons. The predicted octanol–water partition coefficient (Wildman–Crippen LogP) is 2.63. The predicted molar refractivity (Wildman–Crippen MR) is 105 cm³/mol. The van der Waals surface area contributed by atoms with Gasteiger partial charge in [-0.25, -0.2) is 4.98 Å². The summed E-state index contributed by atoms with van der Waals surface area (Å²) in [5, 5.41) is 2.71. The van der Waals surface area contributed by atoms with Crippen LogP contribution in [-0.4, -0.2) is 29.1 Å². The minimum absolute atomic E-state index is 0.139. The normalized spacial score (nSPS) is 10.6. The highest BCUT2D eigenvalue weighted by atomic mass is 16.5. The van der Waals surface area contributed by atoms with Gasteiger partial charge in [-0.2, -0.15) is 0 Å². The molecule has 6 heteroatoms. The molecule has 0 atom stereocenters. The summed E-state index contributed by atoms with van der Waals surface area (Å²) in [4.78, 5) is 29.4. The van der Waals surface area contributed by atoms with Crippen molar-refractivity contribution in [3.05, 3.63) is 77.2 Å². The fourth-order valence-corrected chi connectivity index (χ4v) is 2.84. The highest BCUT2D eigenvalue weighted by molar-refractivity contribution is 5.78. The van der Waals surface area contributed by atoms with Gasteiger partial charge >= 0.3 is 0 Å². The monoisotopic (exact) mass is 363 g/mol. The van der Waals surface area contributed by atoms with Crippen molar-refractivity contribution in [1.29, 1.82) is 0 Å². The molecule has 0 aliphatic heterocycles. The van der Waals surface area contributed by atoms with Crippen LogP contribution in [0.5, 0.6) is 5.75 Å². The second-order valence-electron chi connectivity index (χ2n) is 5.98.